The monoisotopic (exact) mass is 479 g/mol. The highest BCUT2D eigenvalue weighted by molar-refractivity contribution is 6.88. The van der Waals surface area contributed by atoms with Crippen molar-refractivity contribution >= 4 is 19.2 Å². The molecule has 1 aliphatic heterocycles. The summed E-state index contributed by atoms with van der Waals surface area (Å²) in [6, 6.07) is 17.9. The van der Waals surface area contributed by atoms with E-state index in [1.807, 2.05) is 42.5 Å². The second-order valence-corrected chi connectivity index (χ2v) is 12.6. The molecule has 1 aliphatic rings. The maximum absolute atomic E-state index is 12.6. The number of hydrogen-bond acceptors (Lipinski definition) is 5. The van der Waals surface area contributed by atoms with Crippen LogP contribution in [-0.2, 0) is 10.2 Å². The standard InChI is InChI=1S/C26H31N2O5Si/c1-17-15-28(24(31)27-23(17)30)22-14-26(32,21(16-29)33-22)34(18-10-6-5-7-11-18)20-13-9-8-12-19(20)25(2,3)4/h5-13,15,21-22,29,32H,14,16H2,1-4H3,(H,27,30,31)/t21-,22-,26-/m1/s1. The Morgan fingerprint density at radius 3 is 2.41 bits per heavy atom. The summed E-state index contributed by atoms with van der Waals surface area (Å²) in [6.07, 6.45) is -0.176. The SMILES string of the molecule is Cc1cn([C@H]2C[C@@](O)([Si](c3ccccc3)c3ccccc3C(C)(C)C)[C@@H](CO)O2)c(=O)[nH]c1=O. The van der Waals surface area contributed by atoms with Gasteiger partial charge in [0.2, 0.25) is 0 Å². The van der Waals surface area contributed by atoms with Crippen molar-refractivity contribution in [1.82, 2.24) is 9.55 Å². The van der Waals surface area contributed by atoms with E-state index in [1.165, 1.54) is 10.8 Å². The molecule has 0 amide bonds. The van der Waals surface area contributed by atoms with Crippen molar-refractivity contribution < 1.29 is 14.9 Å². The molecule has 0 aliphatic carbocycles. The number of nitrogens with one attached hydrogen (secondary N) is 1. The average molecular weight is 480 g/mol. The van der Waals surface area contributed by atoms with Gasteiger partial charge in [0.05, 0.1) is 11.8 Å². The summed E-state index contributed by atoms with van der Waals surface area (Å²) in [6.45, 7) is 7.63. The van der Waals surface area contributed by atoms with E-state index in [0.29, 0.717) is 5.56 Å². The minimum absolute atomic E-state index is 0.102. The molecule has 3 aromatic rings. The molecule has 1 aromatic heterocycles. The van der Waals surface area contributed by atoms with Crippen molar-refractivity contribution in [3.05, 3.63) is 92.8 Å². The lowest BCUT2D eigenvalue weighted by atomic mass is 9.87. The van der Waals surface area contributed by atoms with E-state index in [0.717, 1.165) is 15.9 Å². The third-order valence-electron chi connectivity index (χ3n) is 6.46. The smallest absolute Gasteiger partial charge is 0.330 e. The zero-order valence-corrected chi connectivity index (χ0v) is 20.9. The average Bonchev–Trinajstić information content (AvgIpc) is 3.13. The molecule has 4 rings (SSSR count). The second kappa shape index (κ2) is 9.11. The Morgan fingerprint density at radius 1 is 1.12 bits per heavy atom. The molecule has 3 atom stereocenters. The molecule has 0 saturated carbocycles. The first-order valence-corrected chi connectivity index (χ1v) is 12.9. The van der Waals surface area contributed by atoms with Gasteiger partial charge in [-0.05, 0) is 23.1 Å². The highest BCUT2D eigenvalue weighted by atomic mass is 28.3. The van der Waals surface area contributed by atoms with E-state index >= 15 is 0 Å². The summed E-state index contributed by atoms with van der Waals surface area (Å²) in [5.41, 5.74) is 0.258. The van der Waals surface area contributed by atoms with Gasteiger partial charge in [-0.3, -0.25) is 14.3 Å². The second-order valence-electron chi connectivity index (χ2n) is 9.91. The van der Waals surface area contributed by atoms with Crippen molar-refractivity contribution in [2.75, 3.05) is 6.61 Å². The lowest BCUT2D eigenvalue weighted by Crippen LogP contribution is -2.66. The summed E-state index contributed by atoms with van der Waals surface area (Å²) in [4.78, 5) is 26.7. The molecule has 3 N–H and O–H groups in total. The van der Waals surface area contributed by atoms with Crippen LogP contribution in [0.5, 0.6) is 0 Å². The number of aromatic nitrogens is 2. The molecule has 179 valence electrons. The predicted octanol–water partition coefficient (Wildman–Crippen LogP) is 1.00. The number of benzene rings is 2. The van der Waals surface area contributed by atoms with Gasteiger partial charge in [-0.2, -0.15) is 0 Å². The maximum Gasteiger partial charge on any atom is 0.330 e. The van der Waals surface area contributed by atoms with Crippen LogP contribution in [0.1, 0.15) is 44.5 Å². The van der Waals surface area contributed by atoms with Crippen LogP contribution in [0.4, 0.5) is 0 Å². The molecule has 2 aromatic carbocycles. The van der Waals surface area contributed by atoms with Crippen LogP contribution >= 0.6 is 0 Å². The summed E-state index contributed by atoms with van der Waals surface area (Å²) in [7, 11) is -1.94. The molecule has 1 fully saturated rings. The number of aromatic amines is 1. The number of nitrogens with zero attached hydrogens (tertiary/aromatic N) is 1. The van der Waals surface area contributed by atoms with Crippen LogP contribution in [-0.4, -0.2) is 46.5 Å². The van der Waals surface area contributed by atoms with Crippen molar-refractivity contribution in [3.8, 4) is 0 Å². The first-order chi connectivity index (χ1) is 16.1. The molecule has 2 heterocycles. The molecule has 0 spiro atoms. The van der Waals surface area contributed by atoms with Crippen LogP contribution in [0.25, 0.3) is 0 Å². The molecular weight excluding hydrogens is 448 g/mol. The normalized spacial score (nSPS) is 22.9. The van der Waals surface area contributed by atoms with Gasteiger partial charge in [0, 0.05) is 18.2 Å². The van der Waals surface area contributed by atoms with Crippen LogP contribution in [0.3, 0.4) is 0 Å². The van der Waals surface area contributed by atoms with E-state index in [4.69, 9.17) is 4.74 Å². The summed E-state index contributed by atoms with van der Waals surface area (Å²) >= 11 is 0. The van der Waals surface area contributed by atoms with E-state index < -0.39 is 44.2 Å². The topological polar surface area (TPSA) is 105 Å². The summed E-state index contributed by atoms with van der Waals surface area (Å²) < 4.78 is 7.41. The number of hydrogen-bond donors (Lipinski definition) is 3. The van der Waals surface area contributed by atoms with Gasteiger partial charge >= 0.3 is 5.69 Å². The fourth-order valence-corrected chi connectivity index (χ4v) is 8.42. The molecule has 1 radical (unpaired) electrons. The third kappa shape index (κ3) is 4.34. The number of ether oxygens (including phenoxy) is 1. The molecule has 7 nitrogen and oxygen atoms in total. The lowest BCUT2D eigenvalue weighted by Gasteiger charge is -2.37. The van der Waals surface area contributed by atoms with Crippen LogP contribution in [0.15, 0.2) is 70.4 Å². The van der Waals surface area contributed by atoms with Gasteiger partial charge < -0.3 is 14.9 Å². The molecule has 8 heteroatoms. The number of H-pyrrole nitrogens is 1. The molecule has 34 heavy (non-hydrogen) atoms. The van der Waals surface area contributed by atoms with E-state index in [9.17, 15) is 19.8 Å². The van der Waals surface area contributed by atoms with Crippen molar-refractivity contribution in [3.63, 3.8) is 0 Å². The number of aliphatic hydroxyl groups is 2. The van der Waals surface area contributed by atoms with Crippen LogP contribution < -0.4 is 21.6 Å². The van der Waals surface area contributed by atoms with Crippen molar-refractivity contribution in [1.29, 1.82) is 0 Å². The Hall–Kier alpha value is -2.78. The van der Waals surface area contributed by atoms with E-state index in [1.54, 1.807) is 6.92 Å². The van der Waals surface area contributed by atoms with E-state index in [-0.39, 0.29) is 11.8 Å². The lowest BCUT2D eigenvalue weighted by molar-refractivity contribution is -0.0570. The van der Waals surface area contributed by atoms with Crippen molar-refractivity contribution in [2.45, 2.75) is 57.1 Å². The minimum Gasteiger partial charge on any atom is -0.394 e. The zero-order chi connectivity index (χ0) is 24.7. The fourth-order valence-electron chi connectivity index (χ4n) is 4.77. The Labute approximate surface area is 200 Å². The third-order valence-corrected chi connectivity index (χ3v) is 9.74. The highest BCUT2D eigenvalue weighted by Gasteiger charge is 2.55. The Bertz CT molecular complexity index is 1280. The Balaban J connectivity index is 1.89. The van der Waals surface area contributed by atoms with Crippen LogP contribution in [0.2, 0.25) is 0 Å². The summed E-state index contributed by atoms with van der Waals surface area (Å²) in [5.74, 6) is 0. The first-order valence-electron chi connectivity index (χ1n) is 11.4. The largest absolute Gasteiger partial charge is 0.394 e. The number of rotatable bonds is 5. The number of aliphatic hydroxyl groups excluding tert-OH is 1. The Kier molecular flexibility index (Phi) is 6.52. The maximum atomic E-state index is 12.6. The van der Waals surface area contributed by atoms with Gasteiger partial charge in [-0.1, -0.05) is 80.6 Å². The van der Waals surface area contributed by atoms with Gasteiger partial charge in [0.15, 0.2) is 8.80 Å². The van der Waals surface area contributed by atoms with E-state index in [2.05, 4.69) is 37.9 Å². The van der Waals surface area contributed by atoms with Crippen LogP contribution in [0, 0.1) is 6.92 Å². The number of aryl methyl sites for hydroxylation is 1. The Morgan fingerprint density at radius 2 is 1.76 bits per heavy atom. The first kappa shape index (κ1) is 24.3. The van der Waals surface area contributed by atoms with Gasteiger partial charge in [0.25, 0.3) is 5.56 Å². The quantitative estimate of drug-likeness (QED) is 0.474. The summed E-state index contributed by atoms with van der Waals surface area (Å²) in [5, 5.41) is 23.2. The fraction of sp³-hybridized carbons (Fsp3) is 0.385. The predicted molar refractivity (Wildman–Crippen MR) is 133 cm³/mol. The van der Waals surface area contributed by atoms with Gasteiger partial charge in [-0.15, -0.1) is 0 Å². The molecule has 0 unspecified atom stereocenters. The zero-order valence-electron chi connectivity index (χ0n) is 19.9. The minimum atomic E-state index is -1.94. The highest BCUT2D eigenvalue weighted by Crippen LogP contribution is 2.38. The van der Waals surface area contributed by atoms with Crippen molar-refractivity contribution in [2.24, 2.45) is 0 Å². The molecular formula is C26H31N2O5Si. The molecule has 0 bridgehead atoms. The van der Waals surface area contributed by atoms with Gasteiger partial charge in [-0.25, -0.2) is 4.79 Å². The molecule has 1 saturated heterocycles. The van der Waals surface area contributed by atoms with Gasteiger partial charge in [0.1, 0.15) is 12.3 Å².